The van der Waals surface area contributed by atoms with Gasteiger partial charge in [0.15, 0.2) is 0 Å². The predicted molar refractivity (Wildman–Crippen MR) is 110 cm³/mol. The highest BCUT2D eigenvalue weighted by molar-refractivity contribution is 5.76. The summed E-state index contributed by atoms with van der Waals surface area (Å²) in [6.45, 7) is 4.14. The molecule has 0 aromatic heterocycles. The lowest BCUT2D eigenvalue weighted by molar-refractivity contribution is -0.137. The fourth-order valence-electron chi connectivity index (χ4n) is 3.01. The number of carbonyl (C=O) groups is 1. The number of hydrogen-bond acceptors (Lipinski definition) is 3. The molecule has 0 aliphatic carbocycles. The first kappa shape index (κ1) is 18.7. The molecule has 3 aromatic rings. The molecule has 4 heteroatoms. The van der Waals surface area contributed by atoms with Gasteiger partial charge >= 0.3 is 5.97 Å². The molecule has 3 N–H and O–H groups in total. The van der Waals surface area contributed by atoms with Crippen molar-refractivity contribution >= 4 is 23.0 Å². The van der Waals surface area contributed by atoms with Crippen LogP contribution in [0, 0.1) is 13.8 Å². The summed E-state index contributed by atoms with van der Waals surface area (Å²) < 4.78 is 0. The van der Waals surface area contributed by atoms with Crippen molar-refractivity contribution in [2.75, 3.05) is 4.90 Å². The largest absolute Gasteiger partial charge is 0.481 e. The fraction of sp³-hybridized carbons (Fsp3) is 0.174. The van der Waals surface area contributed by atoms with Crippen LogP contribution in [0.3, 0.4) is 0 Å². The molecule has 0 spiro atoms. The lowest BCUT2D eigenvalue weighted by atomic mass is 10.0. The van der Waals surface area contributed by atoms with E-state index in [1.165, 1.54) is 11.1 Å². The Morgan fingerprint density at radius 3 is 1.56 bits per heavy atom. The number of aliphatic carboxylic acids is 1. The molecule has 1 atom stereocenters. The number of nitrogens with zero attached hydrogens (tertiary/aromatic N) is 1. The number of aryl methyl sites for hydroxylation is 2. The number of hydrogen-bond donors (Lipinski definition) is 2. The number of rotatable bonds is 6. The van der Waals surface area contributed by atoms with Crippen LogP contribution in [0.5, 0.6) is 0 Å². The third-order valence-electron chi connectivity index (χ3n) is 4.56. The van der Waals surface area contributed by atoms with E-state index in [-0.39, 0.29) is 6.42 Å². The molecule has 3 rings (SSSR count). The van der Waals surface area contributed by atoms with E-state index < -0.39 is 12.0 Å². The van der Waals surface area contributed by atoms with Crippen LogP contribution in [0.2, 0.25) is 0 Å². The molecule has 3 aromatic carbocycles. The van der Waals surface area contributed by atoms with Gasteiger partial charge in [-0.2, -0.15) is 0 Å². The highest BCUT2D eigenvalue weighted by atomic mass is 16.4. The highest BCUT2D eigenvalue weighted by Gasteiger charge is 2.14. The molecule has 0 saturated carbocycles. The topological polar surface area (TPSA) is 66.6 Å². The molecule has 0 radical (unpaired) electrons. The first-order valence-corrected chi connectivity index (χ1v) is 8.95. The van der Waals surface area contributed by atoms with E-state index in [0.29, 0.717) is 0 Å². The summed E-state index contributed by atoms with van der Waals surface area (Å²) in [5.74, 6) is -0.896. The van der Waals surface area contributed by atoms with Gasteiger partial charge in [-0.3, -0.25) is 4.79 Å². The van der Waals surface area contributed by atoms with Gasteiger partial charge in [-0.15, -0.1) is 0 Å². The monoisotopic (exact) mass is 360 g/mol. The molecule has 138 valence electrons. The van der Waals surface area contributed by atoms with Crippen molar-refractivity contribution in [3.8, 4) is 0 Å². The molecular formula is C23H24N2O2. The molecule has 0 bridgehead atoms. The standard InChI is InChI=1S/C23H24N2O2/c1-16-3-9-19(10-4-16)25(20-11-5-17(2)6-12-20)21-13-7-18(8-14-21)22(24)15-23(26)27/h3-14,22H,15,24H2,1-2H3,(H,26,27). The predicted octanol–water partition coefficient (Wildman–Crippen LogP) is 5.25. The minimum Gasteiger partial charge on any atom is -0.481 e. The summed E-state index contributed by atoms with van der Waals surface area (Å²) in [5.41, 5.74) is 12.3. The average molecular weight is 360 g/mol. The van der Waals surface area contributed by atoms with Crippen LogP contribution in [0.25, 0.3) is 0 Å². The molecule has 27 heavy (non-hydrogen) atoms. The van der Waals surface area contributed by atoms with Gasteiger partial charge in [0.25, 0.3) is 0 Å². The van der Waals surface area contributed by atoms with Crippen molar-refractivity contribution < 1.29 is 9.90 Å². The smallest absolute Gasteiger partial charge is 0.305 e. The van der Waals surface area contributed by atoms with Crippen LogP contribution >= 0.6 is 0 Å². The van der Waals surface area contributed by atoms with E-state index >= 15 is 0 Å². The van der Waals surface area contributed by atoms with Crippen LogP contribution in [0.4, 0.5) is 17.1 Å². The zero-order valence-corrected chi connectivity index (χ0v) is 15.6. The molecule has 0 heterocycles. The Labute approximate surface area is 159 Å². The third-order valence-corrected chi connectivity index (χ3v) is 4.56. The van der Waals surface area contributed by atoms with Crippen molar-refractivity contribution in [2.45, 2.75) is 26.3 Å². The lowest BCUT2D eigenvalue weighted by Crippen LogP contribution is -2.15. The molecule has 0 fully saturated rings. The Morgan fingerprint density at radius 2 is 1.19 bits per heavy atom. The summed E-state index contributed by atoms with van der Waals surface area (Å²) in [5, 5.41) is 8.94. The van der Waals surface area contributed by atoms with Gasteiger partial charge in [-0.1, -0.05) is 47.5 Å². The van der Waals surface area contributed by atoms with E-state index in [9.17, 15) is 4.79 Å². The van der Waals surface area contributed by atoms with Gasteiger partial charge in [-0.05, 0) is 55.8 Å². The highest BCUT2D eigenvalue weighted by Crippen LogP contribution is 2.35. The molecule has 0 amide bonds. The molecule has 4 nitrogen and oxygen atoms in total. The van der Waals surface area contributed by atoms with Crippen molar-refractivity contribution in [2.24, 2.45) is 5.73 Å². The van der Waals surface area contributed by atoms with Crippen molar-refractivity contribution in [1.29, 1.82) is 0 Å². The maximum absolute atomic E-state index is 10.9. The third kappa shape index (κ3) is 4.54. The van der Waals surface area contributed by atoms with E-state index in [0.717, 1.165) is 22.6 Å². The summed E-state index contributed by atoms with van der Waals surface area (Å²) in [6, 6.07) is 24.0. The Hall–Kier alpha value is -3.11. The maximum Gasteiger partial charge on any atom is 0.305 e. The normalized spacial score (nSPS) is 11.8. The molecular weight excluding hydrogens is 336 g/mol. The molecule has 0 saturated heterocycles. The van der Waals surface area contributed by atoms with E-state index in [1.54, 1.807) is 0 Å². The van der Waals surface area contributed by atoms with E-state index in [1.807, 2.05) is 24.3 Å². The Morgan fingerprint density at radius 1 is 0.815 bits per heavy atom. The van der Waals surface area contributed by atoms with Crippen LogP contribution in [-0.2, 0) is 4.79 Å². The average Bonchev–Trinajstić information content (AvgIpc) is 2.65. The van der Waals surface area contributed by atoms with Crippen molar-refractivity contribution in [3.05, 3.63) is 89.5 Å². The van der Waals surface area contributed by atoms with Crippen LogP contribution in [0.1, 0.15) is 29.2 Å². The number of nitrogens with two attached hydrogens (primary N) is 1. The molecule has 0 aliphatic rings. The number of benzene rings is 3. The van der Waals surface area contributed by atoms with E-state index in [4.69, 9.17) is 10.8 Å². The SMILES string of the molecule is Cc1ccc(N(c2ccc(C)cc2)c2ccc(C(N)CC(=O)O)cc2)cc1. The van der Waals surface area contributed by atoms with Gasteiger partial charge < -0.3 is 15.7 Å². The molecule has 1 unspecified atom stereocenters. The summed E-state index contributed by atoms with van der Waals surface area (Å²) in [4.78, 5) is 13.1. The first-order chi connectivity index (χ1) is 12.9. The van der Waals surface area contributed by atoms with Crippen molar-refractivity contribution in [3.63, 3.8) is 0 Å². The fourth-order valence-corrected chi connectivity index (χ4v) is 3.01. The van der Waals surface area contributed by atoms with Crippen molar-refractivity contribution in [1.82, 2.24) is 0 Å². The van der Waals surface area contributed by atoms with Crippen LogP contribution in [-0.4, -0.2) is 11.1 Å². The second kappa shape index (κ2) is 8.06. The number of carboxylic acid groups (broad SMARTS) is 1. The summed E-state index contributed by atoms with van der Waals surface area (Å²) in [6.07, 6.45) is -0.0843. The number of carboxylic acids is 1. The van der Waals surface area contributed by atoms with Crippen LogP contribution < -0.4 is 10.6 Å². The van der Waals surface area contributed by atoms with Gasteiger partial charge in [0.1, 0.15) is 0 Å². The minimum atomic E-state index is -0.896. The van der Waals surface area contributed by atoms with Crippen LogP contribution in [0.15, 0.2) is 72.8 Å². The zero-order valence-electron chi connectivity index (χ0n) is 15.6. The maximum atomic E-state index is 10.9. The Balaban J connectivity index is 1.98. The first-order valence-electron chi connectivity index (χ1n) is 8.95. The van der Waals surface area contributed by atoms with E-state index in [2.05, 4.69) is 67.3 Å². The summed E-state index contributed by atoms with van der Waals surface area (Å²) >= 11 is 0. The molecule has 0 aliphatic heterocycles. The lowest BCUT2D eigenvalue weighted by Gasteiger charge is -2.26. The van der Waals surface area contributed by atoms with Gasteiger partial charge in [0.2, 0.25) is 0 Å². The van der Waals surface area contributed by atoms with Gasteiger partial charge in [0.05, 0.1) is 6.42 Å². The quantitative estimate of drug-likeness (QED) is 0.630. The second-order valence-corrected chi connectivity index (χ2v) is 6.80. The Bertz CT molecular complexity index is 855. The minimum absolute atomic E-state index is 0.0843. The zero-order chi connectivity index (χ0) is 19.4. The van der Waals surface area contributed by atoms with Gasteiger partial charge in [0, 0.05) is 23.1 Å². The van der Waals surface area contributed by atoms with Gasteiger partial charge in [-0.25, -0.2) is 0 Å². The Kier molecular flexibility index (Phi) is 5.57. The number of anilines is 3. The summed E-state index contributed by atoms with van der Waals surface area (Å²) in [7, 11) is 0. The second-order valence-electron chi connectivity index (χ2n) is 6.80.